The van der Waals surface area contributed by atoms with Crippen LogP contribution in [0.4, 0.5) is 0 Å². The molecule has 0 nitrogen and oxygen atoms in total. The molecule has 1 aliphatic carbocycles. The van der Waals surface area contributed by atoms with Crippen LogP contribution in [0.5, 0.6) is 0 Å². The van der Waals surface area contributed by atoms with E-state index in [1.807, 2.05) is 0 Å². The molecule has 0 heteroatoms. The quantitative estimate of drug-likeness (QED) is 0.553. The van der Waals surface area contributed by atoms with Crippen molar-refractivity contribution >= 4 is 0 Å². The van der Waals surface area contributed by atoms with Gasteiger partial charge in [0.25, 0.3) is 0 Å². The van der Waals surface area contributed by atoms with Gasteiger partial charge in [0, 0.05) is 0 Å². The molecule has 0 aromatic carbocycles. The maximum absolute atomic E-state index is 3.88. The van der Waals surface area contributed by atoms with Crippen LogP contribution < -0.4 is 0 Å². The Kier molecular flexibility index (Phi) is 5.66. The average Bonchev–Trinajstić information content (AvgIpc) is 2.25. The molecular weight excluding hydrogens is 168 g/mol. The molecule has 80 valence electrons. The Balaban J connectivity index is 2.09. The molecule has 0 aromatic heterocycles. The molecular formula is C14H24. The Bertz CT molecular complexity index is 170. The van der Waals surface area contributed by atoms with Crippen LogP contribution in [0.1, 0.15) is 51.9 Å². The van der Waals surface area contributed by atoms with Gasteiger partial charge in [0.15, 0.2) is 0 Å². The van der Waals surface area contributed by atoms with Crippen LogP contribution >= 0.6 is 0 Å². The largest absolute Gasteiger partial charge is 0.103 e. The lowest BCUT2D eigenvalue weighted by Crippen LogP contribution is -2.12. The molecule has 0 radical (unpaired) electrons. The van der Waals surface area contributed by atoms with Crippen molar-refractivity contribution in [3.8, 4) is 0 Å². The highest BCUT2D eigenvalue weighted by Crippen LogP contribution is 2.31. The van der Waals surface area contributed by atoms with Crippen LogP contribution in [-0.4, -0.2) is 0 Å². The van der Waals surface area contributed by atoms with Gasteiger partial charge in [-0.05, 0) is 56.8 Å². The molecule has 0 heterocycles. The lowest BCUT2D eigenvalue weighted by Gasteiger charge is -2.26. The first kappa shape index (κ1) is 11.6. The van der Waals surface area contributed by atoms with Crippen molar-refractivity contribution in [1.29, 1.82) is 0 Å². The lowest BCUT2D eigenvalue weighted by atomic mass is 9.80. The van der Waals surface area contributed by atoms with Gasteiger partial charge < -0.3 is 0 Å². The zero-order chi connectivity index (χ0) is 10.2. The molecule has 1 saturated carbocycles. The van der Waals surface area contributed by atoms with E-state index in [1.54, 1.807) is 0 Å². The van der Waals surface area contributed by atoms with Crippen molar-refractivity contribution in [3.05, 3.63) is 24.8 Å². The van der Waals surface area contributed by atoms with E-state index < -0.39 is 0 Å². The fourth-order valence-electron chi connectivity index (χ4n) is 2.33. The summed E-state index contributed by atoms with van der Waals surface area (Å²) in [6, 6.07) is 0. The molecule has 0 N–H and O–H groups in total. The molecule has 0 aromatic rings. The highest BCUT2D eigenvalue weighted by atomic mass is 14.2. The third kappa shape index (κ3) is 4.13. The number of hydrogen-bond acceptors (Lipinski definition) is 0. The van der Waals surface area contributed by atoms with Gasteiger partial charge in [-0.2, -0.15) is 0 Å². The standard InChI is InChI=1S/C14H24/c1-3-5-6-7-8-14-11-9-13(4-2)10-12-14/h4-6,13-14H,2-3,7-12H2,1H3/b6-5+. The zero-order valence-corrected chi connectivity index (χ0v) is 9.54. The Morgan fingerprint density at radius 1 is 1.14 bits per heavy atom. The Hall–Kier alpha value is -0.520. The monoisotopic (exact) mass is 192 g/mol. The van der Waals surface area contributed by atoms with Crippen LogP contribution in [0, 0.1) is 11.8 Å². The molecule has 14 heavy (non-hydrogen) atoms. The van der Waals surface area contributed by atoms with E-state index >= 15 is 0 Å². The summed E-state index contributed by atoms with van der Waals surface area (Å²) in [5.74, 6) is 1.81. The van der Waals surface area contributed by atoms with Gasteiger partial charge in [0.2, 0.25) is 0 Å². The summed E-state index contributed by atoms with van der Waals surface area (Å²) in [6.07, 6.45) is 16.3. The van der Waals surface area contributed by atoms with E-state index in [0.717, 1.165) is 11.8 Å². The second-order valence-electron chi connectivity index (χ2n) is 4.47. The summed E-state index contributed by atoms with van der Waals surface area (Å²) in [6.45, 7) is 6.08. The third-order valence-electron chi connectivity index (χ3n) is 3.37. The van der Waals surface area contributed by atoms with E-state index in [-0.39, 0.29) is 0 Å². The number of allylic oxidation sites excluding steroid dienone is 3. The van der Waals surface area contributed by atoms with Crippen molar-refractivity contribution in [2.75, 3.05) is 0 Å². The molecule has 0 spiro atoms. The van der Waals surface area contributed by atoms with Gasteiger partial charge in [0.1, 0.15) is 0 Å². The van der Waals surface area contributed by atoms with Gasteiger partial charge in [-0.3, -0.25) is 0 Å². The third-order valence-corrected chi connectivity index (χ3v) is 3.37. The summed E-state index contributed by atoms with van der Waals surface area (Å²) in [7, 11) is 0. The van der Waals surface area contributed by atoms with Gasteiger partial charge in [-0.1, -0.05) is 25.2 Å². The lowest BCUT2D eigenvalue weighted by molar-refractivity contribution is 0.297. The molecule has 1 fully saturated rings. The van der Waals surface area contributed by atoms with Crippen molar-refractivity contribution in [2.24, 2.45) is 11.8 Å². The van der Waals surface area contributed by atoms with E-state index in [1.165, 1.54) is 44.9 Å². The topological polar surface area (TPSA) is 0 Å². The second kappa shape index (κ2) is 6.86. The minimum Gasteiger partial charge on any atom is -0.103 e. The highest BCUT2D eigenvalue weighted by Gasteiger charge is 2.17. The first-order valence-electron chi connectivity index (χ1n) is 6.14. The fraction of sp³-hybridized carbons (Fsp3) is 0.714. The van der Waals surface area contributed by atoms with E-state index in [9.17, 15) is 0 Å². The Morgan fingerprint density at radius 3 is 2.43 bits per heavy atom. The first-order valence-corrected chi connectivity index (χ1v) is 6.14. The van der Waals surface area contributed by atoms with Gasteiger partial charge in [0.05, 0.1) is 0 Å². The number of hydrogen-bond donors (Lipinski definition) is 0. The van der Waals surface area contributed by atoms with E-state index in [4.69, 9.17) is 0 Å². The summed E-state index contributed by atoms with van der Waals surface area (Å²) >= 11 is 0. The normalized spacial score (nSPS) is 28.1. The van der Waals surface area contributed by atoms with Crippen molar-refractivity contribution in [2.45, 2.75) is 51.9 Å². The van der Waals surface area contributed by atoms with Crippen LogP contribution in [0.25, 0.3) is 0 Å². The summed E-state index contributed by atoms with van der Waals surface area (Å²) < 4.78 is 0. The second-order valence-corrected chi connectivity index (χ2v) is 4.47. The SMILES string of the molecule is C=CC1CCC(CC/C=C/CC)CC1. The molecule has 0 unspecified atom stereocenters. The van der Waals surface area contributed by atoms with Crippen LogP contribution in [0.15, 0.2) is 24.8 Å². The smallest absolute Gasteiger partial charge is 0.0236 e. The Morgan fingerprint density at radius 2 is 1.86 bits per heavy atom. The number of rotatable bonds is 5. The molecule has 0 saturated heterocycles. The molecule has 0 amide bonds. The van der Waals surface area contributed by atoms with E-state index in [0.29, 0.717) is 0 Å². The molecule has 0 aliphatic heterocycles. The minimum absolute atomic E-state index is 0.817. The highest BCUT2D eigenvalue weighted by molar-refractivity contribution is 4.86. The van der Waals surface area contributed by atoms with Crippen LogP contribution in [0.3, 0.4) is 0 Å². The van der Waals surface area contributed by atoms with Gasteiger partial charge >= 0.3 is 0 Å². The summed E-state index contributed by atoms with van der Waals surface area (Å²) in [4.78, 5) is 0. The predicted octanol–water partition coefficient (Wildman–Crippen LogP) is 4.73. The first-order chi connectivity index (χ1) is 6.86. The molecule has 0 bridgehead atoms. The Labute approximate surface area is 89.1 Å². The predicted molar refractivity (Wildman–Crippen MR) is 64.3 cm³/mol. The molecule has 1 aliphatic rings. The molecule has 0 atom stereocenters. The maximum Gasteiger partial charge on any atom is -0.0236 e. The van der Waals surface area contributed by atoms with Crippen LogP contribution in [0.2, 0.25) is 0 Å². The van der Waals surface area contributed by atoms with E-state index in [2.05, 4.69) is 31.7 Å². The van der Waals surface area contributed by atoms with Crippen molar-refractivity contribution in [1.82, 2.24) is 0 Å². The van der Waals surface area contributed by atoms with Gasteiger partial charge in [-0.25, -0.2) is 0 Å². The summed E-state index contributed by atoms with van der Waals surface area (Å²) in [5.41, 5.74) is 0. The molecule has 1 rings (SSSR count). The fourth-order valence-corrected chi connectivity index (χ4v) is 2.33. The van der Waals surface area contributed by atoms with Crippen LogP contribution in [-0.2, 0) is 0 Å². The average molecular weight is 192 g/mol. The minimum atomic E-state index is 0.817. The maximum atomic E-state index is 3.88. The van der Waals surface area contributed by atoms with Crippen molar-refractivity contribution < 1.29 is 0 Å². The van der Waals surface area contributed by atoms with Crippen molar-refractivity contribution in [3.63, 3.8) is 0 Å². The summed E-state index contributed by atoms with van der Waals surface area (Å²) in [5, 5.41) is 0. The zero-order valence-electron chi connectivity index (χ0n) is 9.54. The van der Waals surface area contributed by atoms with Gasteiger partial charge in [-0.15, -0.1) is 6.58 Å².